The van der Waals surface area contributed by atoms with Crippen LogP contribution in [0.3, 0.4) is 0 Å². The first-order valence-corrected chi connectivity index (χ1v) is 9.91. The van der Waals surface area contributed by atoms with Crippen molar-refractivity contribution in [2.45, 2.75) is 26.3 Å². The predicted octanol–water partition coefficient (Wildman–Crippen LogP) is 3.81. The van der Waals surface area contributed by atoms with Crippen LogP contribution in [0.25, 0.3) is 11.0 Å². The molecule has 6 nitrogen and oxygen atoms in total. The molecule has 0 atom stereocenters. The number of nitrogens with one attached hydrogen (secondary N) is 2. The van der Waals surface area contributed by atoms with E-state index in [0.29, 0.717) is 6.61 Å². The number of anilines is 1. The van der Waals surface area contributed by atoms with Crippen LogP contribution in [0.1, 0.15) is 25.6 Å². The van der Waals surface area contributed by atoms with Gasteiger partial charge in [-0.15, -0.1) is 0 Å². The fraction of sp³-hybridized carbons (Fsp3) is 0.364. The number of H-pyrrole nitrogens is 1. The largest absolute Gasteiger partial charge is 0.492 e. The van der Waals surface area contributed by atoms with Gasteiger partial charge >= 0.3 is 0 Å². The smallest absolute Gasteiger partial charge is 0.227 e. The van der Waals surface area contributed by atoms with Crippen LogP contribution in [0.15, 0.2) is 48.5 Å². The van der Waals surface area contributed by atoms with Crippen LogP contribution in [0.5, 0.6) is 5.75 Å². The van der Waals surface area contributed by atoms with E-state index in [1.807, 2.05) is 55.5 Å². The molecule has 146 valence electrons. The number of fused-ring (bicyclic) bond motifs is 1. The summed E-state index contributed by atoms with van der Waals surface area (Å²) in [6.07, 6.45) is 1.70. The Morgan fingerprint density at radius 1 is 1.18 bits per heavy atom. The van der Waals surface area contributed by atoms with Gasteiger partial charge < -0.3 is 15.0 Å². The second-order valence-electron chi connectivity index (χ2n) is 7.17. The molecule has 4 rings (SSSR count). The van der Waals surface area contributed by atoms with Crippen molar-refractivity contribution < 1.29 is 9.53 Å². The molecule has 0 unspecified atom stereocenters. The lowest BCUT2D eigenvalue weighted by atomic mass is 9.95. The minimum absolute atomic E-state index is 0.0293. The standard InChI is InChI=1S/C22H26N4O2/c1-2-28-20-10-6-5-9-19(20)25-22(27)16-11-13-26(14-12-16)15-21-23-17-7-3-4-8-18(17)24-21/h3-10,16H,2,11-15H2,1H3,(H,23,24)(H,25,27). The van der Waals surface area contributed by atoms with Crippen LogP contribution in [0.4, 0.5) is 5.69 Å². The highest BCUT2D eigenvalue weighted by Gasteiger charge is 2.26. The number of para-hydroxylation sites is 4. The molecule has 3 aromatic rings. The number of hydrogen-bond acceptors (Lipinski definition) is 4. The van der Waals surface area contributed by atoms with E-state index >= 15 is 0 Å². The monoisotopic (exact) mass is 378 g/mol. The van der Waals surface area contributed by atoms with Crippen molar-refractivity contribution in [1.29, 1.82) is 0 Å². The third kappa shape index (κ3) is 4.17. The lowest BCUT2D eigenvalue weighted by Gasteiger charge is -2.30. The molecular formula is C22H26N4O2. The Labute approximate surface area is 164 Å². The zero-order chi connectivity index (χ0) is 19.3. The van der Waals surface area contributed by atoms with Gasteiger partial charge in [0.2, 0.25) is 5.91 Å². The van der Waals surface area contributed by atoms with Crippen molar-refractivity contribution in [3.05, 3.63) is 54.4 Å². The van der Waals surface area contributed by atoms with Crippen LogP contribution in [0.2, 0.25) is 0 Å². The van der Waals surface area contributed by atoms with Gasteiger partial charge in [-0.25, -0.2) is 4.98 Å². The highest BCUT2D eigenvalue weighted by molar-refractivity contribution is 5.94. The van der Waals surface area contributed by atoms with Gasteiger partial charge in [-0.1, -0.05) is 24.3 Å². The van der Waals surface area contributed by atoms with Crippen molar-refractivity contribution in [3.63, 3.8) is 0 Å². The molecule has 28 heavy (non-hydrogen) atoms. The Balaban J connectivity index is 1.31. The minimum atomic E-state index is 0.0293. The second kappa shape index (κ2) is 8.44. The molecule has 2 N–H and O–H groups in total. The summed E-state index contributed by atoms with van der Waals surface area (Å²) in [5, 5.41) is 3.05. The third-order valence-corrected chi connectivity index (χ3v) is 5.21. The van der Waals surface area contributed by atoms with Gasteiger partial charge in [0.15, 0.2) is 0 Å². The van der Waals surface area contributed by atoms with E-state index in [-0.39, 0.29) is 11.8 Å². The summed E-state index contributed by atoms with van der Waals surface area (Å²) in [6.45, 7) is 5.09. The molecule has 6 heteroatoms. The average Bonchev–Trinajstić information content (AvgIpc) is 3.12. The first-order chi connectivity index (χ1) is 13.7. The van der Waals surface area contributed by atoms with E-state index in [4.69, 9.17) is 4.74 Å². The SMILES string of the molecule is CCOc1ccccc1NC(=O)C1CCN(Cc2nc3ccccc3[nH]2)CC1. The second-order valence-corrected chi connectivity index (χ2v) is 7.17. The molecule has 0 bridgehead atoms. The molecule has 1 aromatic heterocycles. The zero-order valence-corrected chi connectivity index (χ0v) is 16.1. The molecule has 1 amide bonds. The maximum Gasteiger partial charge on any atom is 0.227 e. The lowest BCUT2D eigenvalue weighted by molar-refractivity contribution is -0.121. The fourth-order valence-electron chi connectivity index (χ4n) is 3.73. The molecule has 1 aliphatic heterocycles. The first-order valence-electron chi connectivity index (χ1n) is 9.91. The van der Waals surface area contributed by atoms with Gasteiger partial charge in [-0.2, -0.15) is 0 Å². The van der Waals surface area contributed by atoms with E-state index in [0.717, 1.165) is 60.8 Å². The van der Waals surface area contributed by atoms with Crippen LogP contribution in [-0.4, -0.2) is 40.5 Å². The van der Waals surface area contributed by atoms with E-state index < -0.39 is 0 Å². The maximum atomic E-state index is 12.7. The predicted molar refractivity (Wildman–Crippen MR) is 110 cm³/mol. The van der Waals surface area contributed by atoms with Gasteiger partial charge in [0.25, 0.3) is 0 Å². The summed E-state index contributed by atoms with van der Waals surface area (Å²) in [5.41, 5.74) is 2.82. The molecule has 1 saturated heterocycles. The van der Waals surface area contributed by atoms with Crippen molar-refractivity contribution >= 4 is 22.6 Å². The fourth-order valence-corrected chi connectivity index (χ4v) is 3.73. The molecule has 2 aromatic carbocycles. The number of nitrogens with zero attached hydrogens (tertiary/aromatic N) is 2. The van der Waals surface area contributed by atoms with Gasteiger partial charge in [0.1, 0.15) is 11.6 Å². The van der Waals surface area contributed by atoms with E-state index in [9.17, 15) is 4.79 Å². The number of aromatic amines is 1. The average molecular weight is 378 g/mol. The van der Waals surface area contributed by atoms with Gasteiger partial charge in [-0.05, 0) is 57.1 Å². The minimum Gasteiger partial charge on any atom is -0.492 e. The number of carbonyl (C=O) groups is 1. The molecule has 0 saturated carbocycles. The number of imidazole rings is 1. The highest BCUT2D eigenvalue weighted by atomic mass is 16.5. The topological polar surface area (TPSA) is 70.2 Å². The van der Waals surface area contributed by atoms with E-state index in [2.05, 4.69) is 20.2 Å². The number of ether oxygens (including phenoxy) is 1. The molecule has 1 aliphatic rings. The van der Waals surface area contributed by atoms with Crippen molar-refractivity contribution in [2.75, 3.05) is 25.0 Å². The first kappa shape index (κ1) is 18.5. The van der Waals surface area contributed by atoms with Crippen LogP contribution >= 0.6 is 0 Å². The number of piperidine rings is 1. The van der Waals surface area contributed by atoms with E-state index in [1.165, 1.54) is 0 Å². The number of rotatable bonds is 6. The van der Waals surface area contributed by atoms with Crippen molar-refractivity contribution in [3.8, 4) is 5.75 Å². The quantitative estimate of drug-likeness (QED) is 0.684. The zero-order valence-electron chi connectivity index (χ0n) is 16.1. The molecular weight excluding hydrogens is 352 g/mol. The molecule has 1 fully saturated rings. The van der Waals surface area contributed by atoms with Gasteiger partial charge in [0, 0.05) is 5.92 Å². The number of carbonyl (C=O) groups excluding carboxylic acids is 1. The number of benzene rings is 2. The number of aromatic nitrogens is 2. The summed E-state index contributed by atoms with van der Waals surface area (Å²) in [6, 6.07) is 15.7. The van der Waals surface area contributed by atoms with E-state index in [1.54, 1.807) is 0 Å². The Bertz CT molecular complexity index is 911. The molecule has 0 aliphatic carbocycles. The van der Waals surface area contributed by atoms with Crippen LogP contribution in [0, 0.1) is 5.92 Å². The molecule has 2 heterocycles. The summed E-state index contributed by atoms with van der Waals surface area (Å²) in [4.78, 5) is 23.1. The van der Waals surface area contributed by atoms with Crippen molar-refractivity contribution in [2.24, 2.45) is 5.92 Å². The lowest BCUT2D eigenvalue weighted by Crippen LogP contribution is -2.38. The summed E-state index contributed by atoms with van der Waals surface area (Å²) in [7, 11) is 0. The number of hydrogen-bond donors (Lipinski definition) is 2. The Morgan fingerprint density at radius 3 is 2.71 bits per heavy atom. The van der Waals surface area contributed by atoms with Gasteiger partial charge in [0.05, 0.1) is 29.9 Å². The number of amides is 1. The summed E-state index contributed by atoms with van der Waals surface area (Å²) in [5.74, 6) is 1.81. The normalized spacial score (nSPS) is 15.6. The maximum absolute atomic E-state index is 12.7. The Morgan fingerprint density at radius 2 is 1.93 bits per heavy atom. The molecule has 0 spiro atoms. The summed E-state index contributed by atoms with van der Waals surface area (Å²) < 4.78 is 5.60. The number of likely N-dealkylation sites (tertiary alicyclic amines) is 1. The molecule has 0 radical (unpaired) electrons. The summed E-state index contributed by atoms with van der Waals surface area (Å²) >= 11 is 0. The van der Waals surface area contributed by atoms with Gasteiger partial charge in [-0.3, -0.25) is 9.69 Å². The van der Waals surface area contributed by atoms with Crippen LogP contribution < -0.4 is 10.1 Å². The third-order valence-electron chi connectivity index (χ3n) is 5.21. The Hall–Kier alpha value is -2.86. The Kier molecular flexibility index (Phi) is 5.58. The van der Waals surface area contributed by atoms with Crippen LogP contribution in [-0.2, 0) is 11.3 Å². The highest BCUT2D eigenvalue weighted by Crippen LogP contribution is 2.26. The van der Waals surface area contributed by atoms with Crippen molar-refractivity contribution in [1.82, 2.24) is 14.9 Å².